The van der Waals surface area contributed by atoms with Crippen molar-refractivity contribution in [1.82, 2.24) is 10.1 Å². The number of aryl methyl sites for hydroxylation is 1. The van der Waals surface area contributed by atoms with Crippen molar-refractivity contribution in [3.63, 3.8) is 0 Å². The fourth-order valence-electron chi connectivity index (χ4n) is 3.52. The number of amides is 1. The lowest BCUT2D eigenvalue weighted by molar-refractivity contribution is -0.132. The third-order valence-electron chi connectivity index (χ3n) is 5.24. The molecule has 0 radical (unpaired) electrons. The van der Waals surface area contributed by atoms with Crippen LogP contribution in [0.25, 0.3) is 11.3 Å². The number of hydrogen-bond donors (Lipinski definition) is 0. The summed E-state index contributed by atoms with van der Waals surface area (Å²) in [6.45, 7) is 3.00. The highest BCUT2D eigenvalue weighted by atomic mass is 35.5. The molecule has 5 nitrogen and oxygen atoms in total. The molecule has 0 saturated carbocycles. The normalized spacial score (nSPS) is 13.2. The van der Waals surface area contributed by atoms with Gasteiger partial charge < -0.3 is 9.42 Å². The van der Waals surface area contributed by atoms with Gasteiger partial charge in [0.2, 0.25) is 5.91 Å². The second kappa shape index (κ2) is 8.21. The van der Waals surface area contributed by atoms with E-state index in [1.165, 1.54) is 0 Å². The molecule has 0 N–H and O–H groups in total. The number of fused-ring (bicyclic) bond motifs is 1. The molecule has 1 amide bonds. The topological polar surface area (TPSA) is 63.4 Å². The smallest absolute Gasteiger partial charge is 0.223 e. The highest BCUT2D eigenvalue weighted by Crippen LogP contribution is 2.31. The zero-order valence-electron chi connectivity index (χ0n) is 16.2. The molecule has 0 fully saturated rings. The maximum Gasteiger partial charge on any atom is 0.223 e. The van der Waals surface area contributed by atoms with Crippen LogP contribution < -0.4 is 0 Å². The van der Waals surface area contributed by atoms with E-state index >= 15 is 0 Å². The van der Waals surface area contributed by atoms with Crippen molar-refractivity contribution in [3.05, 3.63) is 75.9 Å². The van der Waals surface area contributed by atoms with E-state index in [4.69, 9.17) is 16.1 Å². The molecule has 0 aliphatic carbocycles. The molecule has 148 valence electrons. The Kier molecular flexibility index (Phi) is 5.49. The molecule has 4 rings (SSSR count). The predicted molar refractivity (Wildman–Crippen MR) is 111 cm³/mol. The Balaban J connectivity index is 1.42. The summed E-state index contributed by atoms with van der Waals surface area (Å²) in [4.78, 5) is 26.9. The van der Waals surface area contributed by atoms with E-state index in [9.17, 15) is 9.59 Å². The number of hydrogen-bond acceptors (Lipinski definition) is 4. The summed E-state index contributed by atoms with van der Waals surface area (Å²) in [5, 5.41) is 4.82. The molecular weight excluding hydrogens is 388 g/mol. The highest BCUT2D eigenvalue weighted by Gasteiger charge is 2.27. The second-order valence-electron chi connectivity index (χ2n) is 7.30. The maximum absolute atomic E-state index is 12.7. The Morgan fingerprint density at radius 2 is 1.79 bits per heavy atom. The predicted octanol–water partition coefficient (Wildman–Crippen LogP) is 4.85. The van der Waals surface area contributed by atoms with Crippen LogP contribution in [-0.4, -0.2) is 28.3 Å². The van der Waals surface area contributed by atoms with Crippen molar-refractivity contribution >= 4 is 23.3 Å². The Labute approximate surface area is 174 Å². The number of halogens is 1. The Morgan fingerprint density at radius 1 is 1.07 bits per heavy atom. The number of carbonyl (C=O) groups is 2. The molecule has 1 aliphatic rings. The molecule has 0 bridgehead atoms. The number of Topliss-reactive ketones (excluding diaryl/α,β-unsaturated/α-hetero) is 1. The van der Waals surface area contributed by atoms with E-state index in [1.807, 2.05) is 43.3 Å². The first-order valence-electron chi connectivity index (χ1n) is 9.62. The summed E-state index contributed by atoms with van der Waals surface area (Å²) in [5.74, 6) is 0.632. The molecule has 0 spiro atoms. The maximum atomic E-state index is 12.7. The lowest BCUT2D eigenvalue weighted by atomic mass is 10.0. The standard InChI is InChI=1S/C23H21ClN2O3/c1-15-2-4-16(5-3-15)21(27)10-11-22(28)26-13-12-20-19(14-26)23(29-25-20)17-6-8-18(24)9-7-17/h2-9H,10-14H2,1H3. The zero-order valence-corrected chi connectivity index (χ0v) is 16.9. The van der Waals surface area contributed by atoms with Crippen molar-refractivity contribution in [2.45, 2.75) is 32.7 Å². The summed E-state index contributed by atoms with van der Waals surface area (Å²) < 4.78 is 5.55. The lowest BCUT2D eigenvalue weighted by Gasteiger charge is -2.26. The van der Waals surface area contributed by atoms with Gasteiger partial charge in [-0.05, 0) is 31.2 Å². The molecule has 2 heterocycles. The summed E-state index contributed by atoms with van der Waals surface area (Å²) in [6, 6.07) is 14.8. The van der Waals surface area contributed by atoms with Gasteiger partial charge in [0.15, 0.2) is 11.5 Å². The fourth-order valence-corrected chi connectivity index (χ4v) is 3.64. The molecule has 6 heteroatoms. The minimum absolute atomic E-state index is 0.0112. The fraction of sp³-hybridized carbons (Fsp3) is 0.261. The van der Waals surface area contributed by atoms with Crippen LogP contribution in [0.4, 0.5) is 0 Å². The minimum atomic E-state index is -0.0284. The molecule has 0 saturated heterocycles. The van der Waals surface area contributed by atoms with Crippen LogP contribution in [0.3, 0.4) is 0 Å². The van der Waals surface area contributed by atoms with Crippen LogP contribution in [-0.2, 0) is 17.8 Å². The van der Waals surface area contributed by atoms with Crippen LogP contribution in [0.5, 0.6) is 0 Å². The first kappa shape index (κ1) is 19.4. The van der Waals surface area contributed by atoms with Crippen LogP contribution in [0.2, 0.25) is 5.02 Å². The van der Waals surface area contributed by atoms with E-state index in [0.29, 0.717) is 35.9 Å². The number of ketones is 1. The van der Waals surface area contributed by atoms with E-state index in [1.54, 1.807) is 17.0 Å². The highest BCUT2D eigenvalue weighted by molar-refractivity contribution is 6.30. The van der Waals surface area contributed by atoms with Gasteiger partial charge >= 0.3 is 0 Å². The Bertz CT molecular complexity index is 1040. The van der Waals surface area contributed by atoms with Crippen molar-refractivity contribution in [2.75, 3.05) is 6.54 Å². The quantitative estimate of drug-likeness (QED) is 0.566. The molecule has 0 unspecified atom stereocenters. The summed E-state index contributed by atoms with van der Waals surface area (Å²) in [5.41, 5.74) is 4.44. The first-order chi connectivity index (χ1) is 14.0. The van der Waals surface area contributed by atoms with Crippen molar-refractivity contribution in [2.24, 2.45) is 0 Å². The molecule has 3 aromatic rings. The second-order valence-corrected chi connectivity index (χ2v) is 7.73. The van der Waals surface area contributed by atoms with Crippen molar-refractivity contribution in [1.29, 1.82) is 0 Å². The third-order valence-corrected chi connectivity index (χ3v) is 5.49. The third kappa shape index (κ3) is 4.25. The summed E-state index contributed by atoms with van der Waals surface area (Å²) in [6.07, 6.45) is 1.05. The van der Waals surface area contributed by atoms with Gasteiger partial charge in [0.25, 0.3) is 0 Å². The van der Waals surface area contributed by atoms with Crippen LogP contribution in [0.1, 0.15) is 40.0 Å². The Hall–Kier alpha value is -2.92. The average Bonchev–Trinajstić information content (AvgIpc) is 3.16. The van der Waals surface area contributed by atoms with Crippen LogP contribution in [0, 0.1) is 6.92 Å². The molecule has 2 aromatic carbocycles. The number of aromatic nitrogens is 1. The minimum Gasteiger partial charge on any atom is -0.356 e. The van der Waals surface area contributed by atoms with Gasteiger partial charge in [-0.15, -0.1) is 0 Å². The van der Waals surface area contributed by atoms with Gasteiger partial charge in [0.05, 0.1) is 12.2 Å². The first-order valence-corrected chi connectivity index (χ1v) is 10.00. The molecule has 29 heavy (non-hydrogen) atoms. The monoisotopic (exact) mass is 408 g/mol. The summed E-state index contributed by atoms with van der Waals surface area (Å²) >= 11 is 5.97. The zero-order chi connectivity index (χ0) is 20.4. The van der Waals surface area contributed by atoms with E-state index in [2.05, 4.69) is 5.16 Å². The van der Waals surface area contributed by atoms with Crippen molar-refractivity contribution in [3.8, 4) is 11.3 Å². The van der Waals surface area contributed by atoms with Crippen LogP contribution in [0.15, 0.2) is 53.1 Å². The van der Waals surface area contributed by atoms with Crippen molar-refractivity contribution < 1.29 is 14.1 Å². The average molecular weight is 409 g/mol. The molecule has 1 aromatic heterocycles. The molecule has 1 aliphatic heterocycles. The number of carbonyl (C=O) groups excluding carboxylic acids is 2. The van der Waals surface area contributed by atoms with Crippen LogP contribution >= 0.6 is 11.6 Å². The molecule has 0 atom stereocenters. The Morgan fingerprint density at radius 3 is 2.52 bits per heavy atom. The number of nitrogens with zero attached hydrogens (tertiary/aromatic N) is 2. The lowest BCUT2D eigenvalue weighted by Crippen LogP contribution is -2.36. The number of rotatable bonds is 5. The van der Waals surface area contributed by atoms with Gasteiger partial charge in [-0.2, -0.15) is 0 Å². The number of benzene rings is 2. The van der Waals surface area contributed by atoms with Gasteiger partial charge in [-0.3, -0.25) is 9.59 Å². The largest absolute Gasteiger partial charge is 0.356 e. The van der Waals surface area contributed by atoms with E-state index < -0.39 is 0 Å². The summed E-state index contributed by atoms with van der Waals surface area (Å²) in [7, 11) is 0. The van der Waals surface area contributed by atoms with E-state index in [-0.39, 0.29) is 24.5 Å². The van der Waals surface area contributed by atoms with Gasteiger partial charge in [0.1, 0.15) is 0 Å². The molecular formula is C23H21ClN2O3. The SMILES string of the molecule is Cc1ccc(C(=O)CCC(=O)N2CCc3noc(-c4ccc(Cl)cc4)c3C2)cc1. The van der Waals surface area contributed by atoms with Gasteiger partial charge in [-0.25, -0.2) is 0 Å². The van der Waals surface area contributed by atoms with Gasteiger partial charge in [-0.1, -0.05) is 46.6 Å². The van der Waals surface area contributed by atoms with E-state index in [0.717, 1.165) is 22.4 Å². The van der Waals surface area contributed by atoms with Gasteiger partial charge in [0, 0.05) is 47.5 Å².